The van der Waals surface area contributed by atoms with E-state index in [0.29, 0.717) is 0 Å². The summed E-state index contributed by atoms with van der Waals surface area (Å²) in [6.07, 6.45) is 3.66. The van der Waals surface area contributed by atoms with Gasteiger partial charge in [-0.1, -0.05) is 6.92 Å². The molecule has 17 heavy (non-hydrogen) atoms. The molecule has 4 heteroatoms. The molecule has 0 aromatic heterocycles. The summed E-state index contributed by atoms with van der Waals surface area (Å²) in [7, 11) is 1.87. The maximum atomic E-state index is 5.32. The van der Waals surface area contributed by atoms with E-state index in [1.807, 2.05) is 14.0 Å². The number of hydrogen-bond donors (Lipinski definition) is 1. The maximum Gasteiger partial charge on any atom is 0.193 e. The lowest BCUT2D eigenvalue weighted by Crippen LogP contribution is -2.46. The number of nitrogens with zero attached hydrogens (tertiary/aromatic N) is 2. The Morgan fingerprint density at radius 1 is 1.53 bits per heavy atom. The molecule has 100 valence electrons. The molecule has 0 spiro atoms. The molecule has 1 unspecified atom stereocenters. The molecular formula is C13H27N3O. The van der Waals surface area contributed by atoms with Crippen molar-refractivity contribution in [3.63, 3.8) is 0 Å². The minimum Gasteiger partial charge on any atom is -0.382 e. The molecule has 0 aliphatic carbocycles. The van der Waals surface area contributed by atoms with Gasteiger partial charge in [-0.3, -0.25) is 4.99 Å². The molecule has 0 saturated carbocycles. The molecule has 1 aliphatic heterocycles. The van der Waals surface area contributed by atoms with Crippen LogP contribution in [-0.2, 0) is 4.74 Å². The van der Waals surface area contributed by atoms with E-state index < -0.39 is 0 Å². The first-order valence-corrected chi connectivity index (χ1v) is 6.81. The Labute approximate surface area is 105 Å². The van der Waals surface area contributed by atoms with Crippen LogP contribution in [0.3, 0.4) is 0 Å². The topological polar surface area (TPSA) is 36.9 Å². The summed E-state index contributed by atoms with van der Waals surface area (Å²) < 4.78 is 5.32. The number of ether oxygens (including phenoxy) is 1. The molecule has 1 N–H and O–H groups in total. The lowest BCUT2D eigenvalue weighted by molar-refractivity contribution is 0.145. The Morgan fingerprint density at radius 2 is 2.35 bits per heavy atom. The van der Waals surface area contributed by atoms with Crippen LogP contribution in [0.15, 0.2) is 4.99 Å². The standard InChI is InChI=1S/C13H27N3O/c1-4-17-10-6-8-15-13(14-3)16-9-5-7-12(2)11-16/h12H,4-11H2,1-3H3,(H,14,15). The Hall–Kier alpha value is -0.770. The van der Waals surface area contributed by atoms with Gasteiger partial charge in [-0.2, -0.15) is 0 Å². The van der Waals surface area contributed by atoms with Gasteiger partial charge in [-0.25, -0.2) is 0 Å². The first kappa shape index (κ1) is 14.3. The van der Waals surface area contributed by atoms with Crippen LogP contribution in [0.25, 0.3) is 0 Å². The highest BCUT2D eigenvalue weighted by atomic mass is 16.5. The number of likely N-dealkylation sites (tertiary alicyclic amines) is 1. The number of guanidine groups is 1. The van der Waals surface area contributed by atoms with Gasteiger partial charge in [0.25, 0.3) is 0 Å². The van der Waals surface area contributed by atoms with Crippen molar-refractivity contribution in [2.75, 3.05) is 39.9 Å². The maximum absolute atomic E-state index is 5.32. The number of nitrogens with one attached hydrogen (secondary N) is 1. The molecule has 4 nitrogen and oxygen atoms in total. The fraction of sp³-hybridized carbons (Fsp3) is 0.923. The van der Waals surface area contributed by atoms with Crippen LogP contribution >= 0.6 is 0 Å². The van der Waals surface area contributed by atoms with Crippen LogP contribution in [0.1, 0.15) is 33.1 Å². The Balaban J connectivity index is 2.23. The molecule has 1 fully saturated rings. The summed E-state index contributed by atoms with van der Waals surface area (Å²) in [5, 5.41) is 3.41. The summed E-state index contributed by atoms with van der Waals surface area (Å²) in [6, 6.07) is 0. The molecule has 0 amide bonds. The minimum atomic E-state index is 0.783. The predicted molar refractivity (Wildman–Crippen MR) is 72.4 cm³/mol. The van der Waals surface area contributed by atoms with Crippen LogP contribution in [0.2, 0.25) is 0 Å². The van der Waals surface area contributed by atoms with E-state index in [9.17, 15) is 0 Å². The van der Waals surface area contributed by atoms with E-state index in [1.54, 1.807) is 0 Å². The lowest BCUT2D eigenvalue weighted by atomic mass is 10.0. The zero-order chi connectivity index (χ0) is 12.5. The van der Waals surface area contributed by atoms with E-state index in [4.69, 9.17) is 4.74 Å². The van der Waals surface area contributed by atoms with Gasteiger partial charge in [-0.15, -0.1) is 0 Å². The van der Waals surface area contributed by atoms with E-state index in [0.717, 1.165) is 51.1 Å². The van der Waals surface area contributed by atoms with Crippen LogP contribution in [-0.4, -0.2) is 50.8 Å². The van der Waals surface area contributed by atoms with E-state index in [1.165, 1.54) is 12.8 Å². The smallest absolute Gasteiger partial charge is 0.193 e. The van der Waals surface area contributed by atoms with Crippen molar-refractivity contribution in [2.45, 2.75) is 33.1 Å². The first-order valence-electron chi connectivity index (χ1n) is 6.81. The van der Waals surface area contributed by atoms with Crippen LogP contribution < -0.4 is 5.32 Å². The van der Waals surface area contributed by atoms with Gasteiger partial charge in [0.05, 0.1) is 0 Å². The average molecular weight is 241 g/mol. The molecule has 0 aromatic carbocycles. The highest BCUT2D eigenvalue weighted by Gasteiger charge is 2.18. The zero-order valence-electron chi connectivity index (χ0n) is 11.5. The Kier molecular flexibility index (Phi) is 7.01. The second-order valence-electron chi connectivity index (χ2n) is 4.72. The van der Waals surface area contributed by atoms with Crippen molar-refractivity contribution in [1.82, 2.24) is 10.2 Å². The molecule has 1 aliphatic rings. The largest absolute Gasteiger partial charge is 0.382 e. The number of piperidine rings is 1. The average Bonchev–Trinajstić information content (AvgIpc) is 2.34. The fourth-order valence-corrected chi connectivity index (χ4v) is 2.23. The van der Waals surface area contributed by atoms with Gasteiger partial charge < -0.3 is 15.0 Å². The highest BCUT2D eigenvalue weighted by molar-refractivity contribution is 5.79. The van der Waals surface area contributed by atoms with Crippen molar-refractivity contribution in [3.8, 4) is 0 Å². The highest BCUT2D eigenvalue weighted by Crippen LogP contribution is 2.15. The summed E-state index contributed by atoms with van der Waals surface area (Å²) >= 11 is 0. The monoisotopic (exact) mass is 241 g/mol. The van der Waals surface area contributed by atoms with Crippen LogP contribution in [0, 0.1) is 5.92 Å². The molecule has 1 saturated heterocycles. The summed E-state index contributed by atoms with van der Waals surface area (Å²) in [6.45, 7) is 9.18. The van der Waals surface area contributed by atoms with Gasteiger partial charge >= 0.3 is 0 Å². The predicted octanol–water partition coefficient (Wildman–Crippen LogP) is 1.72. The first-order chi connectivity index (χ1) is 8.27. The fourth-order valence-electron chi connectivity index (χ4n) is 2.23. The second-order valence-corrected chi connectivity index (χ2v) is 4.72. The van der Waals surface area contributed by atoms with Gasteiger partial charge in [-0.05, 0) is 32.1 Å². The number of rotatable bonds is 5. The van der Waals surface area contributed by atoms with Crippen molar-refractivity contribution in [3.05, 3.63) is 0 Å². The van der Waals surface area contributed by atoms with E-state index in [-0.39, 0.29) is 0 Å². The van der Waals surface area contributed by atoms with Crippen LogP contribution in [0.5, 0.6) is 0 Å². The molecule has 0 bridgehead atoms. The van der Waals surface area contributed by atoms with Crippen molar-refractivity contribution >= 4 is 5.96 Å². The molecular weight excluding hydrogens is 214 g/mol. The molecule has 1 atom stereocenters. The number of aliphatic imine (C=N–C) groups is 1. The molecule has 1 rings (SSSR count). The molecule has 0 radical (unpaired) electrons. The summed E-state index contributed by atoms with van der Waals surface area (Å²) in [5.74, 6) is 1.83. The summed E-state index contributed by atoms with van der Waals surface area (Å²) in [4.78, 5) is 6.72. The third-order valence-electron chi connectivity index (χ3n) is 3.12. The normalized spacial score (nSPS) is 21.7. The zero-order valence-corrected chi connectivity index (χ0v) is 11.5. The van der Waals surface area contributed by atoms with Gasteiger partial charge in [0.15, 0.2) is 5.96 Å². The third-order valence-corrected chi connectivity index (χ3v) is 3.12. The summed E-state index contributed by atoms with van der Waals surface area (Å²) in [5.41, 5.74) is 0. The Morgan fingerprint density at radius 3 is 3.00 bits per heavy atom. The van der Waals surface area contributed by atoms with Crippen LogP contribution in [0.4, 0.5) is 0 Å². The third kappa shape index (κ3) is 5.39. The van der Waals surface area contributed by atoms with E-state index in [2.05, 4.69) is 22.1 Å². The number of hydrogen-bond acceptors (Lipinski definition) is 2. The van der Waals surface area contributed by atoms with E-state index >= 15 is 0 Å². The second kappa shape index (κ2) is 8.34. The lowest BCUT2D eigenvalue weighted by Gasteiger charge is -2.33. The minimum absolute atomic E-state index is 0.783. The van der Waals surface area contributed by atoms with Crippen molar-refractivity contribution in [1.29, 1.82) is 0 Å². The van der Waals surface area contributed by atoms with Gasteiger partial charge in [0.2, 0.25) is 0 Å². The van der Waals surface area contributed by atoms with Gasteiger partial charge in [0, 0.05) is 39.9 Å². The van der Waals surface area contributed by atoms with Crippen molar-refractivity contribution in [2.24, 2.45) is 10.9 Å². The van der Waals surface area contributed by atoms with Crippen molar-refractivity contribution < 1.29 is 4.74 Å². The SMILES string of the molecule is CCOCCCNC(=NC)N1CCCC(C)C1. The Bertz CT molecular complexity index is 231. The quantitative estimate of drug-likeness (QED) is 0.452. The van der Waals surface area contributed by atoms with Gasteiger partial charge in [0.1, 0.15) is 0 Å². The molecule has 0 aromatic rings. The molecule has 1 heterocycles.